The van der Waals surface area contributed by atoms with E-state index in [9.17, 15) is 0 Å². The number of imidazole rings is 1. The number of rotatable bonds is 17. The molecule has 0 unspecified atom stereocenters. The van der Waals surface area contributed by atoms with Crippen LogP contribution < -0.4 is 4.57 Å². The number of nitrogens with zero attached hydrogens (tertiary/aromatic N) is 2. The van der Waals surface area contributed by atoms with Crippen LogP contribution in [0, 0.1) is 0 Å². The van der Waals surface area contributed by atoms with Crippen molar-refractivity contribution in [3.8, 4) is 0 Å². The lowest BCUT2D eigenvalue weighted by Gasteiger charge is -2.03. The first kappa shape index (κ1) is 28.4. The molecule has 0 atom stereocenters. The number of halogens is 2. The molecular weight excluding hydrogens is 452 g/mol. The third-order valence-electron chi connectivity index (χ3n) is 5.00. The predicted octanol–water partition coefficient (Wildman–Crippen LogP) is 7.82. The van der Waals surface area contributed by atoms with Gasteiger partial charge in [0.05, 0.1) is 13.1 Å². The summed E-state index contributed by atoms with van der Waals surface area (Å²) >= 11 is 0. The van der Waals surface area contributed by atoms with Gasteiger partial charge in [-0.3, -0.25) is 0 Å². The van der Waals surface area contributed by atoms with Crippen molar-refractivity contribution in [2.75, 3.05) is 0 Å². The van der Waals surface area contributed by atoms with Gasteiger partial charge in [0.15, 0.2) is 0 Å². The quantitative estimate of drug-likeness (QED) is 0.153. The SMILES string of the molecule is Br.Br.CCCCCCCCCCCCCCCCn1cc[n+](CCC)c1. The van der Waals surface area contributed by atoms with E-state index in [-0.39, 0.29) is 34.0 Å². The van der Waals surface area contributed by atoms with Crippen LogP contribution in [0.1, 0.15) is 110 Å². The normalized spacial score (nSPS) is 10.4. The molecule has 0 saturated carbocycles. The summed E-state index contributed by atoms with van der Waals surface area (Å²) in [7, 11) is 0. The van der Waals surface area contributed by atoms with Crippen LogP contribution in [0.25, 0.3) is 0 Å². The van der Waals surface area contributed by atoms with E-state index in [0.29, 0.717) is 0 Å². The summed E-state index contributed by atoms with van der Waals surface area (Å²) < 4.78 is 4.64. The smallest absolute Gasteiger partial charge is 0.237 e. The highest BCUT2D eigenvalue weighted by Gasteiger charge is 2.02. The van der Waals surface area contributed by atoms with Crippen LogP contribution >= 0.6 is 34.0 Å². The van der Waals surface area contributed by atoms with Gasteiger partial charge in [0.25, 0.3) is 0 Å². The number of aryl methyl sites for hydroxylation is 2. The van der Waals surface area contributed by atoms with Crippen LogP contribution in [0.2, 0.25) is 0 Å². The first-order valence-electron chi connectivity index (χ1n) is 10.9. The van der Waals surface area contributed by atoms with Gasteiger partial charge in [-0.15, -0.1) is 34.0 Å². The van der Waals surface area contributed by atoms with Crippen molar-refractivity contribution in [1.29, 1.82) is 0 Å². The average molecular weight is 497 g/mol. The van der Waals surface area contributed by atoms with E-state index in [1.165, 1.54) is 103 Å². The van der Waals surface area contributed by atoms with Crippen LogP contribution in [-0.2, 0) is 13.1 Å². The van der Waals surface area contributed by atoms with E-state index in [4.69, 9.17) is 0 Å². The number of unbranched alkanes of at least 4 members (excludes halogenated alkanes) is 13. The first-order valence-corrected chi connectivity index (χ1v) is 10.9. The lowest BCUT2D eigenvalue weighted by molar-refractivity contribution is -0.696. The van der Waals surface area contributed by atoms with Crippen LogP contribution in [0.15, 0.2) is 18.7 Å². The molecule has 0 aliphatic carbocycles. The summed E-state index contributed by atoms with van der Waals surface area (Å²) in [6, 6.07) is 0. The van der Waals surface area contributed by atoms with Crippen LogP contribution in [-0.4, -0.2) is 4.57 Å². The third kappa shape index (κ3) is 16.4. The Hall–Kier alpha value is 0.170. The maximum absolute atomic E-state index is 2.34. The Kier molecular flexibility index (Phi) is 23.4. The largest absolute Gasteiger partial charge is 0.243 e. The van der Waals surface area contributed by atoms with E-state index < -0.39 is 0 Å². The highest BCUT2D eigenvalue weighted by Crippen LogP contribution is 2.13. The van der Waals surface area contributed by atoms with Crippen molar-refractivity contribution in [2.24, 2.45) is 0 Å². The Bertz CT molecular complexity index is 380. The maximum atomic E-state index is 2.34. The molecule has 4 heteroatoms. The van der Waals surface area contributed by atoms with Crippen molar-refractivity contribution in [3.05, 3.63) is 18.7 Å². The van der Waals surface area contributed by atoms with Gasteiger partial charge in [-0.25, -0.2) is 9.13 Å². The zero-order valence-corrected chi connectivity index (χ0v) is 20.9. The Morgan fingerprint density at radius 2 is 1.08 bits per heavy atom. The second kappa shape index (κ2) is 21.5. The van der Waals surface area contributed by atoms with E-state index in [0.717, 1.165) is 6.54 Å². The van der Waals surface area contributed by atoms with Crippen molar-refractivity contribution in [1.82, 2.24) is 4.57 Å². The van der Waals surface area contributed by atoms with E-state index in [1.807, 2.05) is 0 Å². The molecule has 1 heterocycles. The van der Waals surface area contributed by atoms with E-state index in [1.54, 1.807) is 0 Å². The molecule has 26 heavy (non-hydrogen) atoms. The van der Waals surface area contributed by atoms with Gasteiger partial charge in [0.1, 0.15) is 12.4 Å². The standard InChI is InChI=1S/C22H43N2.2BrH/c1-3-5-6-7-8-9-10-11-12-13-14-15-16-17-19-24-21-20-23(22-24)18-4-2;;/h20-22H,3-19H2,1-2H3;2*1H/q+1;;. The minimum atomic E-state index is 0. The van der Waals surface area contributed by atoms with Crippen LogP contribution in [0.5, 0.6) is 0 Å². The average Bonchev–Trinajstić information content (AvgIpc) is 3.03. The second-order valence-electron chi connectivity index (χ2n) is 7.49. The molecule has 0 aliphatic heterocycles. The lowest BCUT2D eigenvalue weighted by Crippen LogP contribution is -2.30. The second-order valence-corrected chi connectivity index (χ2v) is 7.49. The predicted molar refractivity (Wildman–Crippen MR) is 126 cm³/mol. The van der Waals surface area contributed by atoms with E-state index in [2.05, 4.69) is 41.7 Å². The van der Waals surface area contributed by atoms with Crippen molar-refractivity contribution < 1.29 is 4.57 Å². The summed E-state index contributed by atoms with van der Waals surface area (Å²) in [4.78, 5) is 0. The molecule has 0 saturated heterocycles. The fraction of sp³-hybridized carbons (Fsp3) is 0.864. The summed E-state index contributed by atoms with van der Waals surface area (Å²) in [5, 5.41) is 0. The number of hydrogen-bond donors (Lipinski definition) is 0. The van der Waals surface area contributed by atoms with Crippen molar-refractivity contribution >= 4 is 34.0 Å². The maximum Gasteiger partial charge on any atom is 0.243 e. The fourth-order valence-electron chi connectivity index (χ4n) is 3.45. The molecule has 2 nitrogen and oxygen atoms in total. The van der Waals surface area contributed by atoms with Gasteiger partial charge in [0.2, 0.25) is 6.33 Å². The minimum Gasteiger partial charge on any atom is -0.237 e. The van der Waals surface area contributed by atoms with Crippen molar-refractivity contribution in [3.63, 3.8) is 0 Å². The van der Waals surface area contributed by atoms with Gasteiger partial charge in [0, 0.05) is 0 Å². The summed E-state index contributed by atoms with van der Waals surface area (Å²) in [5.74, 6) is 0. The Morgan fingerprint density at radius 3 is 1.54 bits per heavy atom. The monoisotopic (exact) mass is 495 g/mol. The molecule has 0 spiro atoms. The molecule has 1 aromatic heterocycles. The molecule has 0 bridgehead atoms. The van der Waals surface area contributed by atoms with Crippen molar-refractivity contribution in [2.45, 2.75) is 123 Å². The van der Waals surface area contributed by atoms with Gasteiger partial charge in [-0.2, -0.15) is 0 Å². The molecular formula is C22H45Br2N2+. The Morgan fingerprint density at radius 1 is 0.615 bits per heavy atom. The van der Waals surface area contributed by atoms with Gasteiger partial charge >= 0.3 is 0 Å². The highest BCUT2D eigenvalue weighted by atomic mass is 79.9. The fourth-order valence-corrected chi connectivity index (χ4v) is 3.45. The molecule has 0 N–H and O–H groups in total. The summed E-state index contributed by atoms with van der Waals surface area (Å²) in [6.07, 6.45) is 28.0. The molecule has 0 aliphatic rings. The molecule has 0 radical (unpaired) electrons. The van der Waals surface area contributed by atoms with Gasteiger partial charge < -0.3 is 0 Å². The summed E-state index contributed by atoms with van der Waals surface area (Å²) in [5.41, 5.74) is 0. The molecule has 0 aromatic carbocycles. The molecule has 156 valence electrons. The lowest BCUT2D eigenvalue weighted by atomic mass is 10.0. The topological polar surface area (TPSA) is 8.81 Å². The highest BCUT2D eigenvalue weighted by molar-refractivity contribution is 8.93. The Balaban J connectivity index is 0. The molecule has 0 amide bonds. The summed E-state index contributed by atoms with van der Waals surface area (Å²) in [6.45, 7) is 6.86. The molecule has 1 rings (SSSR count). The zero-order chi connectivity index (χ0) is 17.3. The minimum absolute atomic E-state index is 0. The first-order chi connectivity index (χ1) is 11.9. The van der Waals surface area contributed by atoms with Gasteiger partial charge in [-0.1, -0.05) is 90.9 Å². The molecule has 0 fully saturated rings. The zero-order valence-electron chi connectivity index (χ0n) is 17.5. The third-order valence-corrected chi connectivity index (χ3v) is 5.00. The molecule has 1 aromatic rings. The van der Waals surface area contributed by atoms with Gasteiger partial charge in [-0.05, 0) is 19.3 Å². The van der Waals surface area contributed by atoms with Crippen LogP contribution in [0.4, 0.5) is 0 Å². The van der Waals surface area contributed by atoms with E-state index >= 15 is 0 Å². The Labute approximate surface area is 184 Å². The number of hydrogen-bond acceptors (Lipinski definition) is 0. The number of aromatic nitrogens is 2. The van der Waals surface area contributed by atoms with Crippen LogP contribution in [0.3, 0.4) is 0 Å².